The third-order valence-electron chi connectivity index (χ3n) is 2.61. The minimum atomic E-state index is -0.349. The molecule has 110 valence electrons. The van der Waals surface area contributed by atoms with Crippen molar-refractivity contribution in [2.75, 3.05) is 18.5 Å². The van der Waals surface area contributed by atoms with Gasteiger partial charge in [-0.05, 0) is 26.0 Å². The molecule has 6 nitrogen and oxygen atoms in total. The molecule has 1 N–H and O–H groups in total. The van der Waals surface area contributed by atoms with E-state index in [1.807, 2.05) is 13.8 Å². The Balaban J connectivity index is 2.23. The van der Waals surface area contributed by atoms with Gasteiger partial charge in [0.05, 0.1) is 25.1 Å². The molecule has 1 aromatic carbocycles. The highest BCUT2D eigenvalue weighted by Gasteiger charge is 2.12. The highest BCUT2D eigenvalue weighted by molar-refractivity contribution is 6.03. The SMILES string of the molecule is CCOc1ccc(OCC)c(NC(=O)c2cnccn2)c1. The van der Waals surface area contributed by atoms with E-state index in [1.54, 1.807) is 18.2 Å². The predicted molar refractivity (Wildman–Crippen MR) is 78.8 cm³/mol. The van der Waals surface area contributed by atoms with Gasteiger partial charge in [-0.15, -0.1) is 0 Å². The maximum atomic E-state index is 12.1. The molecule has 0 atom stereocenters. The largest absolute Gasteiger partial charge is 0.494 e. The van der Waals surface area contributed by atoms with E-state index in [2.05, 4.69) is 15.3 Å². The molecule has 21 heavy (non-hydrogen) atoms. The van der Waals surface area contributed by atoms with Crippen molar-refractivity contribution in [1.29, 1.82) is 0 Å². The summed E-state index contributed by atoms with van der Waals surface area (Å²) in [6.45, 7) is 4.83. The Morgan fingerprint density at radius 3 is 2.67 bits per heavy atom. The molecule has 0 radical (unpaired) electrons. The van der Waals surface area contributed by atoms with Crippen molar-refractivity contribution in [2.24, 2.45) is 0 Å². The zero-order chi connectivity index (χ0) is 15.1. The molecule has 2 rings (SSSR count). The van der Waals surface area contributed by atoms with Crippen LogP contribution in [0.25, 0.3) is 0 Å². The Labute approximate surface area is 123 Å². The van der Waals surface area contributed by atoms with Crippen molar-refractivity contribution in [3.8, 4) is 11.5 Å². The van der Waals surface area contributed by atoms with Crippen LogP contribution in [0.15, 0.2) is 36.8 Å². The second-order valence-corrected chi connectivity index (χ2v) is 4.07. The molecule has 0 saturated carbocycles. The van der Waals surface area contributed by atoms with Crippen LogP contribution >= 0.6 is 0 Å². The maximum absolute atomic E-state index is 12.1. The average Bonchev–Trinajstić information content (AvgIpc) is 2.51. The van der Waals surface area contributed by atoms with Gasteiger partial charge in [-0.1, -0.05) is 0 Å². The number of carbonyl (C=O) groups is 1. The smallest absolute Gasteiger partial charge is 0.275 e. The number of hydrogen-bond acceptors (Lipinski definition) is 5. The number of rotatable bonds is 6. The summed E-state index contributed by atoms with van der Waals surface area (Å²) in [5.41, 5.74) is 0.778. The summed E-state index contributed by atoms with van der Waals surface area (Å²) in [5.74, 6) is 0.895. The van der Waals surface area contributed by atoms with Crippen molar-refractivity contribution < 1.29 is 14.3 Å². The quantitative estimate of drug-likeness (QED) is 0.883. The lowest BCUT2D eigenvalue weighted by Crippen LogP contribution is -2.14. The highest BCUT2D eigenvalue weighted by atomic mass is 16.5. The molecule has 0 fully saturated rings. The van der Waals surface area contributed by atoms with Gasteiger partial charge >= 0.3 is 0 Å². The van der Waals surface area contributed by atoms with Crippen LogP contribution in [0.1, 0.15) is 24.3 Å². The van der Waals surface area contributed by atoms with Crippen molar-refractivity contribution in [3.05, 3.63) is 42.5 Å². The van der Waals surface area contributed by atoms with Crippen LogP contribution in [0.2, 0.25) is 0 Å². The Hall–Kier alpha value is -2.63. The number of amides is 1. The number of hydrogen-bond donors (Lipinski definition) is 1. The number of ether oxygens (including phenoxy) is 2. The van der Waals surface area contributed by atoms with Crippen LogP contribution in [0, 0.1) is 0 Å². The molecule has 1 heterocycles. The van der Waals surface area contributed by atoms with E-state index in [0.29, 0.717) is 30.4 Å². The number of nitrogens with zero attached hydrogens (tertiary/aromatic N) is 2. The lowest BCUT2D eigenvalue weighted by atomic mass is 10.2. The molecule has 0 unspecified atom stereocenters. The first kappa shape index (κ1) is 14.8. The Bertz CT molecular complexity index is 602. The van der Waals surface area contributed by atoms with Gasteiger partial charge < -0.3 is 14.8 Å². The van der Waals surface area contributed by atoms with Crippen molar-refractivity contribution in [2.45, 2.75) is 13.8 Å². The topological polar surface area (TPSA) is 73.3 Å². The molecule has 0 saturated heterocycles. The van der Waals surface area contributed by atoms with E-state index >= 15 is 0 Å². The van der Waals surface area contributed by atoms with Crippen LogP contribution in [-0.4, -0.2) is 29.1 Å². The lowest BCUT2D eigenvalue weighted by Gasteiger charge is -2.13. The molecule has 0 aliphatic rings. The Kier molecular flexibility index (Phi) is 5.09. The zero-order valence-corrected chi connectivity index (χ0v) is 12.0. The molecule has 1 aromatic heterocycles. The fourth-order valence-corrected chi connectivity index (χ4v) is 1.75. The fraction of sp³-hybridized carbons (Fsp3) is 0.267. The van der Waals surface area contributed by atoms with Crippen LogP contribution in [0.4, 0.5) is 5.69 Å². The molecule has 0 aliphatic carbocycles. The summed E-state index contributed by atoms with van der Waals surface area (Å²) in [6, 6.07) is 5.29. The summed E-state index contributed by atoms with van der Waals surface area (Å²) in [4.78, 5) is 20.0. The van der Waals surface area contributed by atoms with Gasteiger partial charge in [0.1, 0.15) is 17.2 Å². The minimum Gasteiger partial charge on any atom is -0.494 e. The van der Waals surface area contributed by atoms with Crippen LogP contribution in [0.3, 0.4) is 0 Å². The van der Waals surface area contributed by atoms with Gasteiger partial charge in [0.2, 0.25) is 0 Å². The molecule has 0 spiro atoms. The Morgan fingerprint density at radius 2 is 2.00 bits per heavy atom. The minimum absolute atomic E-state index is 0.238. The second kappa shape index (κ2) is 7.23. The van der Waals surface area contributed by atoms with Gasteiger partial charge in [-0.3, -0.25) is 9.78 Å². The van der Waals surface area contributed by atoms with Crippen LogP contribution < -0.4 is 14.8 Å². The standard InChI is InChI=1S/C15H17N3O3/c1-3-20-11-5-6-14(21-4-2)12(9-11)18-15(19)13-10-16-7-8-17-13/h5-10H,3-4H2,1-2H3,(H,18,19). The molecular formula is C15H17N3O3. The summed E-state index contributed by atoms with van der Waals surface area (Å²) in [7, 11) is 0. The maximum Gasteiger partial charge on any atom is 0.275 e. The molecule has 2 aromatic rings. The first-order valence-corrected chi connectivity index (χ1v) is 6.71. The number of nitrogens with one attached hydrogen (secondary N) is 1. The van der Waals surface area contributed by atoms with Crippen LogP contribution in [-0.2, 0) is 0 Å². The van der Waals surface area contributed by atoms with E-state index in [4.69, 9.17) is 9.47 Å². The van der Waals surface area contributed by atoms with E-state index in [9.17, 15) is 4.79 Å². The third-order valence-corrected chi connectivity index (χ3v) is 2.61. The van der Waals surface area contributed by atoms with E-state index < -0.39 is 0 Å². The van der Waals surface area contributed by atoms with E-state index in [1.165, 1.54) is 18.6 Å². The van der Waals surface area contributed by atoms with Crippen LogP contribution in [0.5, 0.6) is 11.5 Å². The molecule has 1 amide bonds. The van der Waals surface area contributed by atoms with E-state index in [0.717, 1.165) is 0 Å². The highest BCUT2D eigenvalue weighted by Crippen LogP contribution is 2.29. The number of aromatic nitrogens is 2. The first-order valence-electron chi connectivity index (χ1n) is 6.71. The second-order valence-electron chi connectivity index (χ2n) is 4.07. The van der Waals surface area contributed by atoms with E-state index in [-0.39, 0.29) is 11.6 Å². The fourth-order valence-electron chi connectivity index (χ4n) is 1.75. The van der Waals surface area contributed by atoms with Gasteiger partial charge in [-0.2, -0.15) is 0 Å². The molecule has 0 aliphatic heterocycles. The van der Waals surface area contributed by atoms with Crippen molar-refractivity contribution in [3.63, 3.8) is 0 Å². The summed E-state index contributed by atoms with van der Waals surface area (Å²) in [5, 5.41) is 2.76. The summed E-state index contributed by atoms with van der Waals surface area (Å²) >= 11 is 0. The van der Waals surface area contributed by atoms with Crippen molar-refractivity contribution >= 4 is 11.6 Å². The third kappa shape index (κ3) is 3.92. The van der Waals surface area contributed by atoms with Gasteiger partial charge in [-0.25, -0.2) is 4.98 Å². The number of anilines is 1. The van der Waals surface area contributed by atoms with Gasteiger partial charge in [0, 0.05) is 18.5 Å². The van der Waals surface area contributed by atoms with Gasteiger partial charge in [0.25, 0.3) is 5.91 Å². The molecule has 6 heteroatoms. The average molecular weight is 287 g/mol. The lowest BCUT2D eigenvalue weighted by molar-refractivity contribution is 0.102. The number of benzene rings is 1. The summed E-state index contributed by atoms with van der Waals surface area (Å²) < 4.78 is 10.9. The van der Waals surface area contributed by atoms with Gasteiger partial charge in [0.15, 0.2) is 0 Å². The monoisotopic (exact) mass is 287 g/mol. The zero-order valence-electron chi connectivity index (χ0n) is 12.0. The summed E-state index contributed by atoms with van der Waals surface area (Å²) in [6.07, 6.45) is 4.38. The predicted octanol–water partition coefficient (Wildman–Crippen LogP) is 2.53. The normalized spacial score (nSPS) is 10.0. The molecule has 0 bridgehead atoms. The Morgan fingerprint density at radius 1 is 1.19 bits per heavy atom. The first-order chi connectivity index (χ1) is 10.2. The molecular weight excluding hydrogens is 270 g/mol. The van der Waals surface area contributed by atoms with Crippen molar-refractivity contribution in [1.82, 2.24) is 9.97 Å². The number of carbonyl (C=O) groups excluding carboxylic acids is 1.